The van der Waals surface area contributed by atoms with Crippen molar-refractivity contribution in [2.45, 2.75) is 26.3 Å². The molecular formula is C30H32N2O5. The molecule has 3 aromatic carbocycles. The van der Waals surface area contributed by atoms with E-state index in [-0.39, 0.29) is 11.3 Å². The molecule has 7 nitrogen and oxygen atoms in total. The van der Waals surface area contributed by atoms with Gasteiger partial charge in [-0.1, -0.05) is 31.2 Å². The van der Waals surface area contributed by atoms with Crippen molar-refractivity contribution >= 4 is 28.8 Å². The summed E-state index contributed by atoms with van der Waals surface area (Å²) in [5, 5.41) is 11.4. The van der Waals surface area contributed by atoms with Gasteiger partial charge in [-0.05, 0) is 67.4 Å². The van der Waals surface area contributed by atoms with E-state index in [1.54, 1.807) is 48.5 Å². The number of ether oxygens (including phenoxy) is 2. The highest BCUT2D eigenvalue weighted by atomic mass is 16.5. The van der Waals surface area contributed by atoms with Crippen LogP contribution in [0.1, 0.15) is 37.4 Å². The number of ketones is 1. The first-order valence-electron chi connectivity index (χ1n) is 12.4. The smallest absolute Gasteiger partial charge is 0.300 e. The quantitative estimate of drug-likeness (QED) is 0.235. The lowest BCUT2D eigenvalue weighted by atomic mass is 9.95. The van der Waals surface area contributed by atoms with Gasteiger partial charge in [0.2, 0.25) is 0 Å². The first-order valence-corrected chi connectivity index (χ1v) is 12.4. The molecule has 192 valence electrons. The summed E-state index contributed by atoms with van der Waals surface area (Å²) in [6, 6.07) is 20.7. The molecule has 0 aromatic heterocycles. The molecule has 4 rings (SSSR count). The van der Waals surface area contributed by atoms with Gasteiger partial charge in [-0.3, -0.25) is 14.5 Å². The summed E-state index contributed by atoms with van der Waals surface area (Å²) < 4.78 is 11.3. The zero-order chi connectivity index (χ0) is 26.5. The van der Waals surface area contributed by atoms with E-state index < -0.39 is 17.7 Å². The molecule has 1 heterocycles. The number of aliphatic hydroxyl groups is 1. The van der Waals surface area contributed by atoms with Crippen molar-refractivity contribution in [3.8, 4) is 11.5 Å². The van der Waals surface area contributed by atoms with Gasteiger partial charge in [0, 0.05) is 31.0 Å². The maximum atomic E-state index is 13.4. The summed E-state index contributed by atoms with van der Waals surface area (Å²) in [7, 11) is 3.88. The van der Waals surface area contributed by atoms with Crippen molar-refractivity contribution in [3.63, 3.8) is 0 Å². The Labute approximate surface area is 217 Å². The fourth-order valence-electron chi connectivity index (χ4n) is 4.35. The number of hydrogen-bond acceptors (Lipinski definition) is 6. The Hall–Kier alpha value is -4.26. The Balaban J connectivity index is 1.85. The summed E-state index contributed by atoms with van der Waals surface area (Å²) in [5.74, 6) is -0.439. The van der Waals surface area contributed by atoms with Crippen LogP contribution in [0.5, 0.6) is 11.5 Å². The highest BCUT2D eigenvalue weighted by molar-refractivity contribution is 6.51. The van der Waals surface area contributed by atoms with E-state index in [9.17, 15) is 14.7 Å². The summed E-state index contributed by atoms with van der Waals surface area (Å²) in [5.41, 5.74) is 2.66. The van der Waals surface area contributed by atoms with Crippen LogP contribution in [0.4, 0.5) is 11.4 Å². The molecule has 1 N–H and O–H groups in total. The van der Waals surface area contributed by atoms with Crippen molar-refractivity contribution in [1.82, 2.24) is 0 Å². The molecule has 3 aromatic rings. The van der Waals surface area contributed by atoms with E-state index in [4.69, 9.17) is 9.47 Å². The minimum atomic E-state index is -0.811. The normalized spacial score (nSPS) is 16.6. The number of benzene rings is 3. The fraction of sp³-hybridized carbons (Fsp3) is 0.267. The molecule has 0 bridgehead atoms. The Kier molecular flexibility index (Phi) is 7.82. The van der Waals surface area contributed by atoms with Gasteiger partial charge < -0.3 is 19.5 Å². The molecule has 1 unspecified atom stereocenters. The van der Waals surface area contributed by atoms with Gasteiger partial charge in [0.1, 0.15) is 17.3 Å². The molecule has 1 amide bonds. The van der Waals surface area contributed by atoms with Gasteiger partial charge in [-0.2, -0.15) is 0 Å². The molecule has 0 saturated carbocycles. The molecule has 1 atom stereocenters. The second-order valence-electron chi connectivity index (χ2n) is 8.96. The van der Waals surface area contributed by atoms with E-state index in [2.05, 4.69) is 0 Å². The van der Waals surface area contributed by atoms with E-state index in [1.807, 2.05) is 57.1 Å². The Morgan fingerprint density at radius 2 is 1.62 bits per heavy atom. The van der Waals surface area contributed by atoms with Crippen LogP contribution in [0.15, 0.2) is 78.4 Å². The number of nitrogens with zero attached hydrogens (tertiary/aromatic N) is 2. The third-order valence-corrected chi connectivity index (χ3v) is 6.18. The lowest BCUT2D eigenvalue weighted by Gasteiger charge is -2.26. The molecule has 1 saturated heterocycles. The number of amides is 1. The molecule has 7 heteroatoms. The minimum Gasteiger partial charge on any atom is -0.507 e. The first-order chi connectivity index (χ1) is 17.8. The summed E-state index contributed by atoms with van der Waals surface area (Å²) in [4.78, 5) is 30.2. The number of hydrogen-bond donors (Lipinski definition) is 1. The van der Waals surface area contributed by atoms with Crippen LogP contribution in [0.25, 0.3) is 5.76 Å². The SMILES string of the molecule is CCCOc1cccc(/C(O)=C2/C(=O)C(=O)N(c3ccc(OCC)cc3)C2c2ccc(N(C)C)cc2)c1. The van der Waals surface area contributed by atoms with E-state index in [0.717, 1.165) is 12.1 Å². The molecule has 0 aliphatic carbocycles. The molecule has 37 heavy (non-hydrogen) atoms. The molecule has 1 fully saturated rings. The number of aliphatic hydroxyl groups excluding tert-OH is 1. The monoisotopic (exact) mass is 500 g/mol. The van der Waals surface area contributed by atoms with Crippen LogP contribution >= 0.6 is 0 Å². The Bertz CT molecular complexity index is 1300. The van der Waals surface area contributed by atoms with Crippen LogP contribution in [-0.4, -0.2) is 44.1 Å². The zero-order valence-corrected chi connectivity index (χ0v) is 21.6. The van der Waals surface area contributed by atoms with Crippen LogP contribution < -0.4 is 19.3 Å². The largest absolute Gasteiger partial charge is 0.507 e. The van der Waals surface area contributed by atoms with Crippen LogP contribution in [0.3, 0.4) is 0 Å². The van der Waals surface area contributed by atoms with Crippen LogP contribution in [-0.2, 0) is 9.59 Å². The van der Waals surface area contributed by atoms with Gasteiger partial charge >= 0.3 is 0 Å². The average molecular weight is 501 g/mol. The van der Waals surface area contributed by atoms with E-state index in [0.29, 0.717) is 41.5 Å². The molecule has 1 aliphatic heterocycles. The first kappa shape index (κ1) is 25.8. The van der Waals surface area contributed by atoms with Crippen molar-refractivity contribution in [3.05, 3.63) is 89.5 Å². The summed E-state index contributed by atoms with van der Waals surface area (Å²) in [6.07, 6.45) is 0.840. The molecule has 1 aliphatic rings. The zero-order valence-electron chi connectivity index (χ0n) is 21.6. The maximum Gasteiger partial charge on any atom is 0.300 e. The van der Waals surface area contributed by atoms with Gasteiger partial charge in [0.15, 0.2) is 0 Å². The Morgan fingerprint density at radius 3 is 2.24 bits per heavy atom. The number of Topliss-reactive ketones (excluding diaryl/α,β-unsaturated/α-hetero) is 1. The van der Waals surface area contributed by atoms with Gasteiger partial charge in [-0.15, -0.1) is 0 Å². The van der Waals surface area contributed by atoms with E-state index >= 15 is 0 Å². The topological polar surface area (TPSA) is 79.3 Å². The maximum absolute atomic E-state index is 13.4. The predicted octanol–water partition coefficient (Wildman–Crippen LogP) is 5.57. The molecule has 0 spiro atoms. The number of carbonyl (C=O) groups excluding carboxylic acids is 2. The van der Waals surface area contributed by atoms with Gasteiger partial charge in [-0.25, -0.2) is 0 Å². The predicted molar refractivity (Wildman–Crippen MR) is 145 cm³/mol. The summed E-state index contributed by atoms with van der Waals surface area (Å²) in [6.45, 7) is 4.95. The Morgan fingerprint density at radius 1 is 0.919 bits per heavy atom. The van der Waals surface area contributed by atoms with Crippen molar-refractivity contribution in [2.75, 3.05) is 37.1 Å². The fourth-order valence-corrected chi connectivity index (χ4v) is 4.35. The van der Waals surface area contributed by atoms with Gasteiger partial charge in [0.05, 0.1) is 24.8 Å². The highest BCUT2D eigenvalue weighted by Crippen LogP contribution is 2.43. The molecule has 0 radical (unpaired) electrons. The second-order valence-corrected chi connectivity index (χ2v) is 8.96. The highest BCUT2D eigenvalue weighted by Gasteiger charge is 2.47. The van der Waals surface area contributed by atoms with Crippen molar-refractivity contribution in [2.24, 2.45) is 0 Å². The van der Waals surface area contributed by atoms with Crippen molar-refractivity contribution in [1.29, 1.82) is 0 Å². The molecular weight excluding hydrogens is 468 g/mol. The number of anilines is 2. The number of carbonyl (C=O) groups is 2. The lowest BCUT2D eigenvalue weighted by molar-refractivity contribution is -0.132. The minimum absolute atomic E-state index is 0.0316. The second kappa shape index (κ2) is 11.2. The van der Waals surface area contributed by atoms with Crippen LogP contribution in [0.2, 0.25) is 0 Å². The third-order valence-electron chi connectivity index (χ3n) is 6.18. The lowest BCUT2D eigenvalue weighted by Crippen LogP contribution is -2.29. The standard InChI is InChI=1S/C30H32N2O5/c1-5-18-37-25-9-7-8-21(19-25)28(33)26-27(20-10-12-22(13-11-20)31(3)4)32(30(35)29(26)34)23-14-16-24(17-15-23)36-6-2/h7-17,19,27,33H,5-6,18H2,1-4H3/b28-26-. The van der Waals surface area contributed by atoms with E-state index in [1.165, 1.54) is 4.90 Å². The van der Waals surface area contributed by atoms with Crippen LogP contribution in [0, 0.1) is 0 Å². The average Bonchev–Trinajstić information content (AvgIpc) is 3.18. The van der Waals surface area contributed by atoms with Crippen molar-refractivity contribution < 1.29 is 24.2 Å². The van der Waals surface area contributed by atoms with Gasteiger partial charge in [0.25, 0.3) is 11.7 Å². The third kappa shape index (κ3) is 5.31. The summed E-state index contributed by atoms with van der Waals surface area (Å²) >= 11 is 0. The number of rotatable bonds is 9.